The molecule has 0 aliphatic carbocycles. The van der Waals surface area contributed by atoms with Crippen molar-refractivity contribution in [3.63, 3.8) is 0 Å². The van der Waals surface area contributed by atoms with Gasteiger partial charge in [-0.2, -0.15) is 11.8 Å². The van der Waals surface area contributed by atoms with Gasteiger partial charge in [-0.1, -0.05) is 74.5 Å². The average Bonchev–Trinajstić information content (AvgIpc) is 2.99. The SMILES string of the molecule is CSCCC(NC(=O)C(CCO)N(Cc1ccccc1)C(=O)C(CC(C)C)NC(=O)OCc1ccccc1)C(=O)NC(C)(C)C. The maximum atomic E-state index is 14.3. The zero-order chi connectivity index (χ0) is 33.4. The van der Waals surface area contributed by atoms with Crippen LogP contribution in [0.4, 0.5) is 4.79 Å². The minimum absolute atomic E-state index is 0.0223. The van der Waals surface area contributed by atoms with E-state index in [2.05, 4.69) is 16.0 Å². The second-order valence-electron chi connectivity index (χ2n) is 12.4. The largest absolute Gasteiger partial charge is 0.445 e. The number of aliphatic hydroxyl groups excluding tert-OH is 1. The zero-order valence-electron chi connectivity index (χ0n) is 27.4. The first-order valence-corrected chi connectivity index (χ1v) is 16.8. The van der Waals surface area contributed by atoms with Gasteiger partial charge in [0.15, 0.2) is 0 Å². The van der Waals surface area contributed by atoms with Crippen LogP contribution < -0.4 is 16.0 Å². The Bertz CT molecular complexity index is 1210. The molecule has 4 amide bonds. The van der Waals surface area contributed by atoms with Crippen LogP contribution in [0.25, 0.3) is 0 Å². The molecule has 3 unspecified atom stereocenters. The molecule has 0 bridgehead atoms. The molecule has 2 rings (SSSR count). The number of nitrogens with zero attached hydrogens (tertiary/aromatic N) is 1. The van der Waals surface area contributed by atoms with Gasteiger partial charge in [0.05, 0.1) is 0 Å². The number of hydrogen-bond donors (Lipinski definition) is 4. The Labute approximate surface area is 272 Å². The van der Waals surface area contributed by atoms with Crippen LogP contribution in [0.2, 0.25) is 0 Å². The summed E-state index contributed by atoms with van der Waals surface area (Å²) in [4.78, 5) is 55.7. The fourth-order valence-electron chi connectivity index (χ4n) is 4.70. The molecule has 0 spiro atoms. The minimum Gasteiger partial charge on any atom is -0.445 e. The first-order chi connectivity index (χ1) is 21.3. The van der Waals surface area contributed by atoms with Gasteiger partial charge in [-0.15, -0.1) is 0 Å². The first kappa shape index (κ1) is 37.6. The Balaban J connectivity index is 2.39. The Kier molecular flexibility index (Phi) is 15.9. The predicted molar refractivity (Wildman–Crippen MR) is 178 cm³/mol. The van der Waals surface area contributed by atoms with Crippen LogP contribution in [0.1, 0.15) is 65.0 Å². The Morgan fingerprint density at radius 3 is 2.00 bits per heavy atom. The van der Waals surface area contributed by atoms with Gasteiger partial charge in [-0.25, -0.2) is 4.79 Å². The highest BCUT2D eigenvalue weighted by Gasteiger charge is 2.36. The summed E-state index contributed by atoms with van der Waals surface area (Å²) < 4.78 is 5.41. The van der Waals surface area contributed by atoms with Crippen molar-refractivity contribution in [3.8, 4) is 0 Å². The van der Waals surface area contributed by atoms with Crippen LogP contribution in [0, 0.1) is 5.92 Å². The van der Waals surface area contributed by atoms with Crippen LogP contribution in [0.3, 0.4) is 0 Å². The normalized spacial score (nSPS) is 13.3. The lowest BCUT2D eigenvalue weighted by molar-refractivity contribution is -0.144. The van der Waals surface area contributed by atoms with Crippen molar-refractivity contribution in [2.45, 2.75) is 90.7 Å². The summed E-state index contributed by atoms with van der Waals surface area (Å²) in [6.07, 6.45) is 1.78. The van der Waals surface area contributed by atoms with Crippen LogP contribution in [0.15, 0.2) is 60.7 Å². The zero-order valence-corrected chi connectivity index (χ0v) is 28.2. The molecule has 11 heteroatoms. The van der Waals surface area contributed by atoms with Gasteiger partial charge in [0.25, 0.3) is 0 Å². The van der Waals surface area contributed by atoms with E-state index in [1.54, 1.807) is 11.8 Å². The van der Waals surface area contributed by atoms with Crippen molar-refractivity contribution < 1.29 is 29.0 Å². The van der Waals surface area contributed by atoms with Gasteiger partial charge in [0.1, 0.15) is 24.7 Å². The smallest absolute Gasteiger partial charge is 0.408 e. The molecule has 2 aromatic rings. The van der Waals surface area contributed by atoms with E-state index in [4.69, 9.17) is 4.74 Å². The summed E-state index contributed by atoms with van der Waals surface area (Å²) >= 11 is 1.55. The Morgan fingerprint density at radius 2 is 1.47 bits per heavy atom. The summed E-state index contributed by atoms with van der Waals surface area (Å²) in [5, 5.41) is 18.5. The third-order valence-electron chi connectivity index (χ3n) is 6.81. The number of alkyl carbamates (subject to hydrolysis) is 1. The predicted octanol–water partition coefficient (Wildman–Crippen LogP) is 4.26. The third kappa shape index (κ3) is 13.9. The number of carbonyl (C=O) groups is 4. The number of aliphatic hydroxyl groups is 1. The average molecular weight is 643 g/mol. The molecule has 0 aromatic heterocycles. The van der Waals surface area contributed by atoms with E-state index < -0.39 is 41.6 Å². The summed E-state index contributed by atoms with van der Waals surface area (Å²) in [6.45, 7) is 9.16. The van der Waals surface area contributed by atoms with E-state index in [1.165, 1.54) is 4.90 Å². The maximum absolute atomic E-state index is 14.3. The van der Waals surface area contributed by atoms with E-state index in [1.807, 2.05) is 102 Å². The molecule has 3 atom stereocenters. The lowest BCUT2D eigenvalue weighted by Crippen LogP contribution is -2.59. The molecule has 45 heavy (non-hydrogen) atoms. The standard InChI is InChI=1S/C34H50N4O6S/c1-24(2)21-28(36-33(43)44-23-26-15-11-8-12-16-26)32(42)38(22-25-13-9-7-10-14-25)29(17-19-39)31(41)35-27(18-20-45-6)30(40)37-34(3,4)5/h7-16,24,27-29,39H,17-23H2,1-6H3,(H,35,41)(H,36,43)(H,37,40). The number of hydrogen-bond acceptors (Lipinski definition) is 7. The molecule has 2 aromatic carbocycles. The Morgan fingerprint density at radius 1 is 0.867 bits per heavy atom. The minimum atomic E-state index is -1.11. The highest BCUT2D eigenvalue weighted by Crippen LogP contribution is 2.18. The van der Waals surface area contributed by atoms with Crippen molar-refractivity contribution in [2.24, 2.45) is 5.92 Å². The van der Waals surface area contributed by atoms with Gasteiger partial charge >= 0.3 is 6.09 Å². The lowest BCUT2D eigenvalue weighted by Gasteiger charge is -2.35. The molecule has 0 saturated carbocycles. The number of amides is 4. The second-order valence-corrected chi connectivity index (χ2v) is 13.4. The second kappa shape index (κ2) is 19.1. The number of ether oxygens (including phenoxy) is 1. The summed E-state index contributed by atoms with van der Waals surface area (Å²) in [5.74, 6) is -0.718. The van der Waals surface area contributed by atoms with Crippen LogP contribution in [-0.4, -0.2) is 76.1 Å². The van der Waals surface area contributed by atoms with Gasteiger partial charge in [-0.3, -0.25) is 14.4 Å². The van der Waals surface area contributed by atoms with E-state index in [9.17, 15) is 24.3 Å². The van der Waals surface area contributed by atoms with Crippen molar-refractivity contribution in [3.05, 3.63) is 71.8 Å². The first-order valence-electron chi connectivity index (χ1n) is 15.4. The molecule has 0 aliphatic heterocycles. The monoisotopic (exact) mass is 642 g/mol. The molecular weight excluding hydrogens is 592 g/mol. The maximum Gasteiger partial charge on any atom is 0.408 e. The van der Waals surface area contributed by atoms with Gasteiger partial charge in [0.2, 0.25) is 17.7 Å². The van der Waals surface area contributed by atoms with Crippen molar-refractivity contribution in [2.75, 3.05) is 18.6 Å². The number of nitrogens with one attached hydrogen (secondary N) is 3. The molecule has 0 fully saturated rings. The summed E-state index contributed by atoms with van der Waals surface area (Å²) in [6, 6.07) is 15.5. The molecule has 0 heterocycles. The number of thioether (sulfide) groups is 1. The highest BCUT2D eigenvalue weighted by molar-refractivity contribution is 7.98. The van der Waals surface area contributed by atoms with Crippen molar-refractivity contribution >= 4 is 35.6 Å². The molecule has 10 nitrogen and oxygen atoms in total. The van der Waals surface area contributed by atoms with Crippen LogP contribution >= 0.6 is 11.8 Å². The summed E-state index contributed by atoms with van der Waals surface area (Å²) in [5.41, 5.74) is 1.06. The van der Waals surface area contributed by atoms with Gasteiger partial charge < -0.3 is 30.7 Å². The topological polar surface area (TPSA) is 137 Å². The molecule has 0 radical (unpaired) electrons. The fourth-order valence-corrected chi connectivity index (χ4v) is 5.17. The van der Waals surface area contributed by atoms with E-state index in [0.717, 1.165) is 11.1 Å². The third-order valence-corrected chi connectivity index (χ3v) is 7.46. The van der Waals surface area contributed by atoms with Crippen molar-refractivity contribution in [1.29, 1.82) is 0 Å². The van der Waals surface area contributed by atoms with E-state index >= 15 is 0 Å². The molecular formula is C34H50N4O6S. The van der Waals surface area contributed by atoms with E-state index in [0.29, 0.717) is 18.6 Å². The van der Waals surface area contributed by atoms with Gasteiger partial charge in [-0.05, 0) is 69.1 Å². The van der Waals surface area contributed by atoms with Crippen LogP contribution in [0.5, 0.6) is 0 Å². The molecule has 0 saturated heterocycles. The molecule has 4 N–H and O–H groups in total. The summed E-state index contributed by atoms with van der Waals surface area (Å²) in [7, 11) is 0. The quantitative estimate of drug-likeness (QED) is 0.202. The van der Waals surface area contributed by atoms with Crippen LogP contribution in [-0.2, 0) is 32.3 Å². The van der Waals surface area contributed by atoms with Crippen molar-refractivity contribution in [1.82, 2.24) is 20.9 Å². The fraction of sp³-hybridized carbons (Fsp3) is 0.529. The molecule has 0 aliphatic rings. The highest BCUT2D eigenvalue weighted by atomic mass is 32.2. The molecule has 248 valence electrons. The number of carbonyl (C=O) groups excluding carboxylic acids is 4. The lowest BCUT2D eigenvalue weighted by atomic mass is 10.00. The van der Waals surface area contributed by atoms with E-state index in [-0.39, 0.29) is 38.0 Å². The number of benzene rings is 2. The Hall–Kier alpha value is -3.57. The number of rotatable bonds is 17. The van der Waals surface area contributed by atoms with Gasteiger partial charge in [0, 0.05) is 18.7 Å².